The maximum absolute atomic E-state index is 11.9. The molecule has 98 valence electrons. The highest BCUT2D eigenvalue weighted by atomic mass is 16.3. The second kappa shape index (κ2) is 5.14. The summed E-state index contributed by atoms with van der Waals surface area (Å²) in [4.78, 5) is 11.9. The van der Waals surface area contributed by atoms with Crippen LogP contribution in [0.15, 0.2) is 23.0 Å². The fourth-order valence-corrected chi connectivity index (χ4v) is 3.27. The Bertz CT molecular complexity index is 390. The van der Waals surface area contributed by atoms with Gasteiger partial charge in [0.2, 0.25) is 5.91 Å². The summed E-state index contributed by atoms with van der Waals surface area (Å²) < 4.78 is 4.97. The molecule has 0 aromatic carbocycles. The lowest BCUT2D eigenvalue weighted by molar-refractivity contribution is -0.122. The van der Waals surface area contributed by atoms with Gasteiger partial charge in [0.25, 0.3) is 0 Å². The Hall–Kier alpha value is -1.29. The highest BCUT2D eigenvalue weighted by Gasteiger charge is 2.33. The van der Waals surface area contributed by atoms with Crippen molar-refractivity contribution in [1.82, 2.24) is 10.6 Å². The lowest BCUT2D eigenvalue weighted by Gasteiger charge is -2.28. The summed E-state index contributed by atoms with van der Waals surface area (Å²) >= 11 is 0. The van der Waals surface area contributed by atoms with Crippen LogP contribution in [0.4, 0.5) is 0 Å². The molecular weight excluding hydrogens is 228 g/mol. The lowest BCUT2D eigenvalue weighted by Crippen LogP contribution is -2.39. The van der Waals surface area contributed by atoms with E-state index in [1.54, 1.807) is 12.5 Å². The molecule has 2 N–H and O–H groups in total. The Morgan fingerprint density at radius 1 is 1.39 bits per heavy atom. The summed E-state index contributed by atoms with van der Waals surface area (Å²) in [6, 6.07) is 3.20. The molecule has 1 aromatic rings. The SMILES string of the molecule is O=C(CC1CC2CCC(C1)N2)NCc1ccoc1. The van der Waals surface area contributed by atoms with Crippen LogP contribution in [-0.2, 0) is 11.3 Å². The molecule has 0 aliphatic carbocycles. The van der Waals surface area contributed by atoms with E-state index in [9.17, 15) is 4.79 Å². The number of furan rings is 1. The minimum Gasteiger partial charge on any atom is -0.472 e. The second-order valence-electron chi connectivity index (χ2n) is 5.59. The first-order valence-electron chi connectivity index (χ1n) is 6.83. The molecule has 2 aliphatic heterocycles. The van der Waals surface area contributed by atoms with Crippen molar-refractivity contribution in [2.24, 2.45) is 5.92 Å². The van der Waals surface area contributed by atoms with E-state index in [4.69, 9.17) is 4.42 Å². The third kappa shape index (κ3) is 2.75. The minimum absolute atomic E-state index is 0.169. The first-order valence-corrected chi connectivity index (χ1v) is 6.83. The second-order valence-corrected chi connectivity index (χ2v) is 5.59. The van der Waals surface area contributed by atoms with Crippen molar-refractivity contribution in [3.05, 3.63) is 24.2 Å². The van der Waals surface area contributed by atoms with E-state index in [0.717, 1.165) is 18.4 Å². The molecule has 2 aliphatic rings. The van der Waals surface area contributed by atoms with Crippen LogP contribution < -0.4 is 10.6 Å². The number of carbonyl (C=O) groups excluding carboxylic acids is 1. The van der Waals surface area contributed by atoms with Gasteiger partial charge in [-0.05, 0) is 37.7 Å². The van der Waals surface area contributed by atoms with Crippen molar-refractivity contribution in [2.75, 3.05) is 0 Å². The van der Waals surface area contributed by atoms with Crippen molar-refractivity contribution >= 4 is 5.91 Å². The van der Waals surface area contributed by atoms with Gasteiger partial charge in [-0.25, -0.2) is 0 Å². The molecule has 0 saturated carbocycles. The van der Waals surface area contributed by atoms with E-state index < -0.39 is 0 Å². The van der Waals surface area contributed by atoms with Crippen LogP contribution in [0.1, 0.15) is 37.7 Å². The summed E-state index contributed by atoms with van der Waals surface area (Å²) in [6.07, 6.45) is 8.88. The summed E-state index contributed by atoms with van der Waals surface area (Å²) in [6.45, 7) is 0.577. The molecular formula is C14H20N2O2. The zero-order valence-corrected chi connectivity index (χ0v) is 10.5. The topological polar surface area (TPSA) is 54.3 Å². The van der Waals surface area contributed by atoms with Gasteiger partial charge < -0.3 is 15.1 Å². The fourth-order valence-electron chi connectivity index (χ4n) is 3.27. The molecule has 3 rings (SSSR count). The van der Waals surface area contributed by atoms with Gasteiger partial charge in [-0.1, -0.05) is 0 Å². The monoisotopic (exact) mass is 248 g/mol. The predicted octanol–water partition coefficient (Wildman–Crippen LogP) is 1.82. The average molecular weight is 248 g/mol. The smallest absolute Gasteiger partial charge is 0.220 e. The molecule has 3 heterocycles. The number of carbonyl (C=O) groups is 1. The Labute approximate surface area is 107 Å². The van der Waals surface area contributed by atoms with Crippen molar-refractivity contribution < 1.29 is 9.21 Å². The van der Waals surface area contributed by atoms with Gasteiger partial charge in [0.15, 0.2) is 0 Å². The first kappa shape index (κ1) is 11.8. The molecule has 4 nitrogen and oxygen atoms in total. The highest BCUT2D eigenvalue weighted by Crippen LogP contribution is 2.32. The van der Waals surface area contributed by atoms with Crippen LogP contribution in [0.2, 0.25) is 0 Å². The molecule has 4 heteroatoms. The van der Waals surface area contributed by atoms with Crippen molar-refractivity contribution in [3.8, 4) is 0 Å². The summed E-state index contributed by atoms with van der Waals surface area (Å²) in [7, 11) is 0. The minimum atomic E-state index is 0.169. The molecule has 2 bridgehead atoms. The number of fused-ring (bicyclic) bond motifs is 2. The van der Waals surface area contributed by atoms with Crippen LogP contribution in [0, 0.1) is 5.92 Å². The Balaban J connectivity index is 1.43. The van der Waals surface area contributed by atoms with E-state index in [-0.39, 0.29) is 5.91 Å². The van der Waals surface area contributed by atoms with E-state index in [1.807, 2.05) is 6.07 Å². The molecule has 0 spiro atoms. The summed E-state index contributed by atoms with van der Waals surface area (Å²) in [5, 5.41) is 6.57. The highest BCUT2D eigenvalue weighted by molar-refractivity contribution is 5.76. The number of nitrogens with one attached hydrogen (secondary N) is 2. The van der Waals surface area contributed by atoms with Crippen LogP contribution in [0.25, 0.3) is 0 Å². The standard InChI is InChI=1S/C14H20N2O2/c17-14(15-8-10-3-4-18-9-10)7-11-5-12-1-2-13(6-11)16-12/h3-4,9,11-13,16H,1-2,5-8H2,(H,15,17). The van der Waals surface area contributed by atoms with E-state index >= 15 is 0 Å². The fraction of sp³-hybridized carbons (Fsp3) is 0.643. The molecule has 2 saturated heterocycles. The molecule has 18 heavy (non-hydrogen) atoms. The number of hydrogen-bond donors (Lipinski definition) is 2. The van der Waals surface area contributed by atoms with Crippen molar-refractivity contribution in [2.45, 2.75) is 50.7 Å². The lowest BCUT2D eigenvalue weighted by atomic mass is 9.89. The number of hydrogen-bond acceptors (Lipinski definition) is 3. The van der Waals surface area contributed by atoms with Crippen LogP contribution in [0.5, 0.6) is 0 Å². The van der Waals surface area contributed by atoms with Crippen molar-refractivity contribution in [3.63, 3.8) is 0 Å². The Morgan fingerprint density at radius 2 is 2.17 bits per heavy atom. The van der Waals surface area contributed by atoms with Gasteiger partial charge in [0.05, 0.1) is 12.5 Å². The molecule has 1 aromatic heterocycles. The summed E-state index contributed by atoms with van der Waals surface area (Å²) in [5.74, 6) is 0.732. The van der Waals surface area contributed by atoms with E-state index in [1.165, 1.54) is 12.8 Å². The molecule has 2 fully saturated rings. The quantitative estimate of drug-likeness (QED) is 0.854. The first-order chi connectivity index (χ1) is 8.79. The molecule has 2 unspecified atom stereocenters. The Morgan fingerprint density at radius 3 is 2.83 bits per heavy atom. The maximum Gasteiger partial charge on any atom is 0.220 e. The zero-order valence-electron chi connectivity index (χ0n) is 10.5. The molecule has 2 atom stereocenters. The maximum atomic E-state index is 11.9. The average Bonchev–Trinajstić information content (AvgIpc) is 2.97. The van der Waals surface area contributed by atoms with Crippen molar-refractivity contribution in [1.29, 1.82) is 0 Å². The van der Waals surface area contributed by atoms with E-state index in [0.29, 0.717) is 31.0 Å². The van der Waals surface area contributed by atoms with Gasteiger partial charge in [0.1, 0.15) is 0 Å². The van der Waals surface area contributed by atoms with Crippen LogP contribution in [-0.4, -0.2) is 18.0 Å². The normalized spacial score (nSPS) is 30.3. The number of rotatable bonds is 4. The van der Waals surface area contributed by atoms with Crippen LogP contribution in [0.3, 0.4) is 0 Å². The van der Waals surface area contributed by atoms with Gasteiger partial charge in [0, 0.05) is 30.6 Å². The number of amides is 1. The molecule has 0 radical (unpaired) electrons. The molecule has 1 amide bonds. The third-order valence-corrected chi connectivity index (χ3v) is 4.11. The van der Waals surface area contributed by atoms with Gasteiger partial charge in [-0.3, -0.25) is 4.79 Å². The largest absolute Gasteiger partial charge is 0.472 e. The zero-order chi connectivity index (χ0) is 12.4. The summed E-state index contributed by atoms with van der Waals surface area (Å²) in [5.41, 5.74) is 1.02. The number of piperidine rings is 1. The predicted molar refractivity (Wildman–Crippen MR) is 67.8 cm³/mol. The Kier molecular flexibility index (Phi) is 3.37. The van der Waals surface area contributed by atoms with Gasteiger partial charge >= 0.3 is 0 Å². The third-order valence-electron chi connectivity index (χ3n) is 4.11. The van der Waals surface area contributed by atoms with Gasteiger partial charge in [-0.15, -0.1) is 0 Å². The van der Waals surface area contributed by atoms with E-state index in [2.05, 4.69) is 10.6 Å². The van der Waals surface area contributed by atoms with Gasteiger partial charge in [-0.2, -0.15) is 0 Å². The van der Waals surface area contributed by atoms with Crippen LogP contribution >= 0.6 is 0 Å².